The number of carbonyl (C=O) groups is 1. The molecule has 1 aromatic carbocycles. The predicted octanol–water partition coefficient (Wildman–Crippen LogP) is 2.86. The van der Waals surface area contributed by atoms with E-state index in [-0.39, 0.29) is 11.2 Å². The van der Waals surface area contributed by atoms with E-state index in [0.717, 1.165) is 16.0 Å². The highest BCUT2D eigenvalue weighted by atomic mass is 32.2. The molecule has 0 radical (unpaired) electrons. The van der Waals surface area contributed by atoms with Gasteiger partial charge in [0.05, 0.1) is 22.6 Å². The number of carbonyl (C=O) groups excluding carboxylic acids is 1. The normalized spacial score (nSPS) is 12.3. The van der Waals surface area contributed by atoms with Crippen LogP contribution in [-0.4, -0.2) is 33.4 Å². The van der Waals surface area contributed by atoms with Crippen molar-refractivity contribution >= 4 is 60.8 Å². The summed E-state index contributed by atoms with van der Waals surface area (Å²) in [5, 5.41) is 11.1. The van der Waals surface area contributed by atoms with Crippen LogP contribution in [0.1, 0.15) is 6.92 Å². The average Bonchev–Trinajstić information content (AvgIpc) is 3.11. The lowest BCUT2D eigenvalue weighted by atomic mass is 10.3. The number of nitrogen functional groups attached to an aromatic ring is 1. The number of hydrogen-bond donors (Lipinski definition) is 2. The molecule has 3 aromatic rings. The van der Waals surface area contributed by atoms with Crippen molar-refractivity contribution < 1.29 is 9.53 Å². The molecule has 0 aliphatic carbocycles. The Bertz CT molecular complexity index is 847. The molecule has 1 unspecified atom stereocenters. The number of aromatic nitrogens is 3. The number of nitrogens with one attached hydrogen (secondary N) is 1. The van der Waals surface area contributed by atoms with Crippen LogP contribution in [-0.2, 0) is 4.79 Å². The smallest absolute Gasteiger partial charge is 0.239 e. The summed E-state index contributed by atoms with van der Waals surface area (Å²) in [4.78, 5) is 16.7. The quantitative estimate of drug-likeness (QED) is 0.668. The topological polar surface area (TPSA) is 103 Å². The summed E-state index contributed by atoms with van der Waals surface area (Å²) in [7, 11) is 1.62. The lowest BCUT2D eigenvalue weighted by molar-refractivity contribution is -0.115. The molecule has 7 nitrogen and oxygen atoms in total. The highest BCUT2D eigenvalue weighted by Crippen LogP contribution is 2.31. The van der Waals surface area contributed by atoms with Crippen molar-refractivity contribution in [2.24, 2.45) is 0 Å². The number of thiazole rings is 1. The molecular weight excluding hydrogens is 354 g/mol. The van der Waals surface area contributed by atoms with Crippen molar-refractivity contribution in [3.8, 4) is 5.75 Å². The van der Waals surface area contributed by atoms with E-state index in [1.165, 1.54) is 34.4 Å². The molecule has 23 heavy (non-hydrogen) atoms. The van der Waals surface area contributed by atoms with E-state index >= 15 is 0 Å². The van der Waals surface area contributed by atoms with Gasteiger partial charge in [0.2, 0.25) is 11.0 Å². The molecule has 2 aromatic heterocycles. The maximum Gasteiger partial charge on any atom is 0.239 e. The number of hydrogen-bond acceptors (Lipinski definition) is 9. The number of thioether (sulfide) groups is 1. The van der Waals surface area contributed by atoms with E-state index < -0.39 is 0 Å². The average molecular weight is 367 g/mol. The fourth-order valence-corrected chi connectivity index (χ4v) is 4.44. The Labute approximate surface area is 144 Å². The first-order valence-electron chi connectivity index (χ1n) is 6.56. The minimum atomic E-state index is -0.330. The zero-order valence-electron chi connectivity index (χ0n) is 12.3. The largest absolute Gasteiger partial charge is 0.497 e. The van der Waals surface area contributed by atoms with Crippen LogP contribution in [0.3, 0.4) is 0 Å². The van der Waals surface area contributed by atoms with Gasteiger partial charge in [-0.15, -0.1) is 10.2 Å². The molecule has 0 fully saturated rings. The van der Waals surface area contributed by atoms with Crippen molar-refractivity contribution in [1.82, 2.24) is 15.2 Å². The van der Waals surface area contributed by atoms with Gasteiger partial charge in [0.25, 0.3) is 0 Å². The molecule has 3 rings (SSSR count). The minimum absolute atomic E-state index is 0.144. The van der Waals surface area contributed by atoms with Crippen molar-refractivity contribution in [2.45, 2.75) is 16.5 Å². The zero-order valence-corrected chi connectivity index (χ0v) is 14.7. The first-order valence-corrected chi connectivity index (χ1v) is 9.07. The lowest BCUT2D eigenvalue weighted by Crippen LogP contribution is -2.22. The number of ether oxygens (including phenoxy) is 1. The third-order valence-corrected chi connectivity index (χ3v) is 5.76. The van der Waals surface area contributed by atoms with E-state index in [0.29, 0.717) is 14.6 Å². The van der Waals surface area contributed by atoms with Gasteiger partial charge in [0.1, 0.15) is 5.75 Å². The summed E-state index contributed by atoms with van der Waals surface area (Å²) in [5.74, 6) is 0.617. The van der Waals surface area contributed by atoms with Crippen molar-refractivity contribution in [3.05, 3.63) is 18.2 Å². The molecule has 0 saturated carbocycles. The van der Waals surface area contributed by atoms with Crippen LogP contribution in [0.25, 0.3) is 10.2 Å². The van der Waals surface area contributed by atoms with E-state index in [9.17, 15) is 4.79 Å². The number of fused-ring (bicyclic) bond motifs is 1. The maximum atomic E-state index is 12.3. The van der Waals surface area contributed by atoms with Gasteiger partial charge in [-0.3, -0.25) is 4.79 Å². The summed E-state index contributed by atoms with van der Waals surface area (Å²) in [5.41, 5.74) is 6.36. The van der Waals surface area contributed by atoms with E-state index in [1.807, 2.05) is 18.2 Å². The molecule has 1 amide bonds. The number of nitrogens with two attached hydrogens (primary N) is 1. The van der Waals surface area contributed by atoms with Crippen molar-refractivity contribution in [1.29, 1.82) is 0 Å². The Hall–Kier alpha value is -1.91. The molecule has 2 heterocycles. The molecule has 120 valence electrons. The fourth-order valence-electron chi connectivity index (χ4n) is 1.77. The second-order valence-electron chi connectivity index (χ2n) is 4.51. The molecule has 0 aliphatic rings. The molecule has 0 bridgehead atoms. The van der Waals surface area contributed by atoms with Gasteiger partial charge in [-0.25, -0.2) is 4.98 Å². The monoisotopic (exact) mass is 367 g/mol. The SMILES string of the molecule is COc1ccc2nc(NC(=O)C(C)Sc3nnc(N)s3)sc2c1. The second kappa shape index (κ2) is 6.69. The third-order valence-electron chi connectivity index (χ3n) is 2.89. The summed E-state index contributed by atoms with van der Waals surface area (Å²) >= 11 is 3.98. The molecule has 0 spiro atoms. The van der Waals surface area contributed by atoms with E-state index in [2.05, 4.69) is 20.5 Å². The van der Waals surface area contributed by atoms with Gasteiger partial charge in [-0.1, -0.05) is 34.4 Å². The molecular formula is C13H13N5O2S3. The van der Waals surface area contributed by atoms with Crippen LogP contribution < -0.4 is 15.8 Å². The van der Waals surface area contributed by atoms with Gasteiger partial charge < -0.3 is 15.8 Å². The lowest BCUT2D eigenvalue weighted by Gasteiger charge is -2.07. The fraction of sp³-hybridized carbons (Fsp3) is 0.231. The number of methoxy groups -OCH3 is 1. The number of amides is 1. The Kier molecular flexibility index (Phi) is 4.64. The van der Waals surface area contributed by atoms with E-state index in [1.54, 1.807) is 14.0 Å². The number of benzene rings is 1. The van der Waals surface area contributed by atoms with Gasteiger partial charge in [0.15, 0.2) is 9.47 Å². The number of anilines is 2. The second-order valence-corrected chi connectivity index (χ2v) is 8.14. The minimum Gasteiger partial charge on any atom is -0.497 e. The molecule has 0 aliphatic heterocycles. The van der Waals surface area contributed by atoms with Gasteiger partial charge in [0, 0.05) is 0 Å². The zero-order chi connectivity index (χ0) is 16.4. The van der Waals surface area contributed by atoms with Crippen LogP contribution in [0.2, 0.25) is 0 Å². The number of rotatable bonds is 5. The highest BCUT2D eigenvalue weighted by molar-refractivity contribution is 8.02. The van der Waals surface area contributed by atoms with Crippen molar-refractivity contribution in [3.63, 3.8) is 0 Å². The van der Waals surface area contributed by atoms with Gasteiger partial charge in [-0.2, -0.15) is 0 Å². The van der Waals surface area contributed by atoms with Gasteiger partial charge >= 0.3 is 0 Å². The maximum absolute atomic E-state index is 12.3. The summed E-state index contributed by atoms with van der Waals surface area (Å²) in [6.07, 6.45) is 0. The Morgan fingerprint density at radius 1 is 1.39 bits per heavy atom. The number of nitrogens with zero attached hydrogens (tertiary/aromatic N) is 3. The van der Waals surface area contributed by atoms with Crippen LogP contribution >= 0.6 is 34.4 Å². The highest BCUT2D eigenvalue weighted by Gasteiger charge is 2.18. The standard InChI is InChI=1S/C13H13N5O2S3/c1-6(21-13-18-17-11(14)23-13)10(19)16-12-15-8-4-3-7(20-2)5-9(8)22-12/h3-6H,1-2H3,(H2,14,17)(H,15,16,19). The van der Waals surface area contributed by atoms with Gasteiger partial charge in [-0.05, 0) is 25.1 Å². The summed E-state index contributed by atoms with van der Waals surface area (Å²) < 4.78 is 6.81. The van der Waals surface area contributed by atoms with Crippen LogP contribution in [0, 0.1) is 0 Å². The Morgan fingerprint density at radius 2 is 2.22 bits per heavy atom. The predicted molar refractivity (Wildman–Crippen MR) is 94.4 cm³/mol. The third kappa shape index (κ3) is 3.71. The van der Waals surface area contributed by atoms with Crippen molar-refractivity contribution in [2.75, 3.05) is 18.2 Å². The van der Waals surface area contributed by atoms with Crippen LogP contribution in [0.4, 0.5) is 10.3 Å². The first kappa shape index (κ1) is 16.0. The Balaban J connectivity index is 1.69. The van der Waals surface area contributed by atoms with E-state index in [4.69, 9.17) is 10.5 Å². The first-order chi connectivity index (χ1) is 11.0. The summed E-state index contributed by atoms with van der Waals surface area (Å²) in [6, 6.07) is 5.60. The molecule has 0 saturated heterocycles. The molecule has 3 N–H and O–H groups in total. The van der Waals surface area contributed by atoms with Crippen LogP contribution in [0.15, 0.2) is 22.5 Å². The molecule has 1 atom stereocenters. The van der Waals surface area contributed by atoms with Crippen LogP contribution in [0.5, 0.6) is 5.75 Å². The Morgan fingerprint density at radius 3 is 2.91 bits per heavy atom. The molecule has 10 heteroatoms. The summed E-state index contributed by atoms with van der Waals surface area (Å²) in [6.45, 7) is 1.80.